The summed E-state index contributed by atoms with van der Waals surface area (Å²) in [4.78, 5) is 35.2. The van der Waals surface area contributed by atoms with Crippen molar-refractivity contribution in [3.05, 3.63) is 11.6 Å². The third-order valence-electron chi connectivity index (χ3n) is 8.43. The van der Waals surface area contributed by atoms with Crippen molar-refractivity contribution < 1.29 is 23.9 Å². The largest absolute Gasteiger partial charge is 0.462 e. The molecule has 0 amide bonds. The van der Waals surface area contributed by atoms with Gasteiger partial charge in [-0.05, 0) is 68.1 Å². The molecular formula is C23H32O5. The topological polar surface area (TPSA) is 69.7 Å². The summed E-state index contributed by atoms with van der Waals surface area (Å²) < 4.78 is 11.1. The fourth-order valence-corrected chi connectivity index (χ4v) is 7.23. The van der Waals surface area contributed by atoms with Crippen LogP contribution in [-0.2, 0) is 23.9 Å². The van der Waals surface area contributed by atoms with Gasteiger partial charge in [-0.1, -0.05) is 18.6 Å². The van der Waals surface area contributed by atoms with Crippen molar-refractivity contribution in [2.75, 3.05) is 0 Å². The van der Waals surface area contributed by atoms with Gasteiger partial charge in [0.1, 0.15) is 18.5 Å². The molecule has 0 aromatic rings. The van der Waals surface area contributed by atoms with Gasteiger partial charge in [0, 0.05) is 20.3 Å². The van der Waals surface area contributed by atoms with Crippen LogP contribution in [0.3, 0.4) is 0 Å². The van der Waals surface area contributed by atoms with Gasteiger partial charge < -0.3 is 14.3 Å². The van der Waals surface area contributed by atoms with Crippen molar-refractivity contribution in [3.8, 4) is 0 Å². The average molecular weight is 389 g/mol. The number of rotatable bonds is 3. The zero-order valence-electron chi connectivity index (χ0n) is 17.2. The highest BCUT2D eigenvalue weighted by molar-refractivity contribution is 5.69. The smallest absolute Gasteiger partial charge is 0.302 e. The van der Waals surface area contributed by atoms with Gasteiger partial charge in [0.2, 0.25) is 0 Å². The SMILES string of the molecule is CC(=O)O[C@H]1CC[C@@]2(C)C(=CC[C@H]3[C@@H]4CC[C@H](OC(C)=O)[C@@]4(C=O)CC[C@@H]32)C1. The number of carbonyl (C=O) groups excluding carboxylic acids is 3. The minimum absolute atomic E-state index is 0.00542. The molecule has 5 nitrogen and oxygen atoms in total. The molecule has 0 aromatic carbocycles. The van der Waals surface area contributed by atoms with Crippen LogP contribution in [-0.4, -0.2) is 30.4 Å². The van der Waals surface area contributed by atoms with E-state index in [2.05, 4.69) is 13.0 Å². The molecule has 4 aliphatic carbocycles. The van der Waals surface area contributed by atoms with Crippen LogP contribution in [0.5, 0.6) is 0 Å². The van der Waals surface area contributed by atoms with E-state index in [1.807, 2.05) is 0 Å². The Bertz CT molecular complexity index is 712. The molecule has 5 heteroatoms. The van der Waals surface area contributed by atoms with Crippen LogP contribution < -0.4 is 0 Å². The summed E-state index contributed by atoms with van der Waals surface area (Å²) in [6.45, 7) is 5.31. The lowest BCUT2D eigenvalue weighted by molar-refractivity contribution is -0.160. The van der Waals surface area contributed by atoms with E-state index in [4.69, 9.17) is 9.47 Å². The van der Waals surface area contributed by atoms with E-state index >= 15 is 0 Å². The number of hydrogen-bond acceptors (Lipinski definition) is 5. The molecule has 4 rings (SSSR count). The van der Waals surface area contributed by atoms with Gasteiger partial charge in [-0.25, -0.2) is 0 Å². The molecule has 0 aliphatic heterocycles. The van der Waals surface area contributed by atoms with Crippen LogP contribution in [0.15, 0.2) is 11.6 Å². The highest BCUT2D eigenvalue weighted by Crippen LogP contribution is 2.64. The maximum Gasteiger partial charge on any atom is 0.302 e. The summed E-state index contributed by atoms with van der Waals surface area (Å²) >= 11 is 0. The van der Waals surface area contributed by atoms with Crippen LogP contribution >= 0.6 is 0 Å². The van der Waals surface area contributed by atoms with Crippen molar-refractivity contribution in [2.45, 2.75) is 84.3 Å². The quantitative estimate of drug-likeness (QED) is 0.415. The third-order valence-corrected chi connectivity index (χ3v) is 8.43. The first-order valence-corrected chi connectivity index (χ1v) is 10.8. The van der Waals surface area contributed by atoms with Crippen molar-refractivity contribution in [3.63, 3.8) is 0 Å². The zero-order valence-corrected chi connectivity index (χ0v) is 17.2. The molecule has 0 saturated heterocycles. The monoisotopic (exact) mass is 388 g/mol. The highest BCUT2D eigenvalue weighted by atomic mass is 16.5. The van der Waals surface area contributed by atoms with E-state index in [0.717, 1.165) is 57.7 Å². The van der Waals surface area contributed by atoms with Crippen LogP contribution in [0.25, 0.3) is 0 Å². The Morgan fingerprint density at radius 1 is 1.04 bits per heavy atom. The lowest BCUT2D eigenvalue weighted by atomic mass is 9.48. The fourth-order valence-electron chi connectivity index (χ4n) is 7.23. The molecule has 0 radical (unpaired) electrons. The fraction of sp³-hybridized carbons (Fsp3) is 0.783. The first-order valence-electron chi connectivity index (χ1n) is 10.8. The number of carbonyl (C=O) groups is 3. The van der Waals surface area contributed by atoms with Crippen LogP contribution in [0.2, 0.25) is 0 Å². The Hall–Kier alpha value is -1.65. The maximum atomic E-state index is 12.3. The Morgan fingerprint density at radius 2 is 1.79 bits per heavy atom. The number of fused-ring (bicyclic) bond motifs is 5. The highest BCUT2D eigenvalue weighted by Gasteiger charge is 2.61. The van der Waals surface area contributed by atoms with Crippen molar-refractivity contribution in [1.82, 2.24) is 0 Å². The molecule has 0 N–H and O–H groups in total. The van der Waals surface area contributed by atoms with Gasteiger partial charge in [0.15, 0.2) is 0 Å². The molecule has 154 valence electrons. The lowest BCUT2D eigenvalue weighted by Crippen LogP contribution is -2.53. The van der Waals surface area contributed by atoms with Gasteiger partial charge in [-0.3, -0.25) is 9.59 Å². The van der Waals surface area contributed by atoms with E-state index in [0.29, 0.717) is 17.8 Å². The molecule has 7 atom stereocenters. The standard InChI is InChI=1S/C23H32O5/c1-14(25)27-17-8-10-22(3)16(12-17)4-5-18-19(22)9-11-23(13-24)20(18)6-7-21(23)28-15(2)26/h4,13,17-21H,5-12H2,1-3H3/t17-,18+,19-,20-,21-,22-,23+/m0/s1. The van der Waals surface area contributed by atoms with Crippen molar-refractivity contribution in [1.29, 1.82) is 0 Å². The van der Waals surface area contributed by atoms with Crippen LogP contribution in [0.1, 0.15) is 72.1 Å². The summed E-state index contributed by atoms with van der Waals surface area (Å²) in [5, 5.41) is 0. The van der Waals surface area contributed by atoms with Crippen LogP contribution in [0, 0.1) is 28.6 Å². The van der Waals surface area contributed by atoms with E-state index in [1.54, 1.807) is 0 Å². The number of hydrogen-bond donors (Lipinski definition) is 0. The summed E-state index contributed by atoms with van der Waals surface area (Å²) in [7, 11) is 0. The molecule has 0 heterocycles. The molecule has 0 spiro atoms. The Labute approximate surface area is 167 Å². The second-order valence-electron chi connectivity index (χ2n) is 9.68. The van der Waals surface area contributed by atoms with Gasteiger partial charge in [0.05, 0.1) is 5.41 Å². The predicted molar refractivity (Wildman–Crippen MR) is 103 cm³/mol. The van der Waals surface area contributed by atoms with E-state index in [9.17, 15) is 14.4 Å². The first kappa shape index (κ1) is 19.7. The number of allylic oxidation sites excluding steroid dienone is 1. The molecule has 0 bridgehead atoms. The maximum absolute atomic E-state index is 12.3. The van der Waals surface area contributed by atoms with Gasteiger partial charge in [0.25, 0.3) is 0 Å². The van der Waals surface area contributed by atoms with Crippen molar-refractivity contribution >= 4 is 18.2 Å². The molecular weight excluding hydrogens is 356 g/mol. The first-order chi connectivity index (χ1) is 13.3. The minimum atomic E-state index is -0.497. The second-order valence-corrected chi connectivity index (χ2v) is 9.68. The summed E-state index contributed by atoms with van der Waals surface area (Å²) in [5.74, 6) is 0.849. The summed E-state index contributed by atoms with van der Waals surface area (Å²) in [6.07, 6.45) is 10.6. The average Bonchev–Trinajstić information content (AvgIpc) is 3.00. The molecule has 0 unspecified atom stereocenters. The molecule has 4 aliphatic rings. The molecule has 3 saturated carbocycles. The third kappa shape index (κ3) is 2.93. The number of ether oxygens (including phenoxy) is 2. The Kier molecular flexibility index (Phi) is 4.91. The van der Waals surface area contributed by atoms with Gasteiger partial charge >= 0.3 is 11.9 Å². The Balaban J connectivity index is 1.59. The van der Waals surface area contributed by atoms with E-state index in [1.165, 1.54) is 19.4 Å². The lowest BCUT2D eigenvalue weighted by Gasteiger charge is -2.57. The number of esters is 2. The summed E-state index contributed by atoms with van der Waals surface area (Å²) in [6, 6.07) is 0. The molecule has 0 aromatic heterocycles. The molecule has 3 fully saturated rings. The predicted octanol–water partition coefficient (Wildman–Crippen LogP) is 3.99. The van der Waals surface area contributed by atoms with Gasteiger partial charge in [-0.2, -0.15) is 0 Å². The van der Waals surface area contributed by atoms with E-state index in [-0.39, 0.29) is 29.6 Å². The normalized spacial score (nSPS) is 44.4. The number of aldehydes is 1. The van der Waals surface area contributed by atoms with Crippen LogP contribution in [0.4, 0.5) is 0 Å². The van der Waals surface area contributed by atoms with Gasteiger partial charge in [-0.15, -0.1) is 0 Å². The Morgan fingerprint density at radius 3 is 2.46 bits per heavy atom. The zero-order chi connectivity index (χ0) is 20.1. The molecule has 28 heavy (non-hydrogen) atoms. The second kappa shape index (κ2) is 7.00. The van der Waals surface area contributed by atoms with Crippen molar-refractivity contribution in [2.24, 2.45) is 28.6 Å². The summed E-state index contributed by atoms with van der Waals surface area (Å²) in [5.41, 5.74) is 1.08. The minimum Gasteiger partial charge on any atom is -0.462 e. The van der Waals surface area contributed by atoms with E-state index < -0.39 is 5.41 Å².